The summed E-state index contributed by atoms with van der Waals surface area (Å²) in [7, 11) is 0. The number of halogens is 1. The van der Waals surface area contributed by atoms with Crippen LogP contribution in [0.15, 0.2) is 0 Å². The molecule has 23 heavy (non-hydrogen) atoms. The van der Waals surface area contributed by atoms with Gasteiger partial charge in [-0.3, -0.25) is 9.59 Å². The summed E-state index contributed by atoms with van der Waals surface area (Å²) in [6.07, 6.45) is 4.85. The van der Waals surface area contributed by atoms with Crippen molar-refractivity contribution in [2.45, 2.75) is 38.1 Å². The number of hydrogen-bond acceptors (Lipinski definition) is 4. The zero-order valence-corrected chi connectivity index (χ0v) is 14.5. The van der Waals surface area contributed by atoms with E-state index in [1.807, 2.05) is 9.80 Å². The smallest absolute Gasteiger partial charge is 0.245 e. The van der Waals surface area contributed by atoms with Crippen LogP contribution in [0.1, 0.15) is 32.1 Å². The zero-order chi connectivity index (χ0) is 15.4. The third-order valence-corrected chi connectivity index (χ3v) is 5.04. The molecule has 3 aliphatic rings. The van der Waals surface area contributed by atoms with Crippen LogP contribution in [0.25, 0.3) is 0 Å². The minimum atomic E-state index is -0.249. The summed E-state index contributed by atoms with van der Waals surface area (Å²) in [4.78, 5) is 29.4. The molecule has 2 atom stereocenters. The average Bonchev–Trinajstić information content (AvgIpc) is 2.62. The molecule has 0 aromatic rings. The van der Waals surface area contributed by atoms with E-state index in [0.29, 0.717) is 26.3 Å². The molecule has 6 nitrogen and oxygen atoms in total. The number of nitrogens with one attached hydrogen (secondary N) is 1. The van der Waals surface area contributed by atoms with Gasteiger partial charge >= 0.3 is 0 Å². The average molecular weight is 346 g/mol. The molecule has 0 saturated carbocycles. The number of amides is 2. The van der Waals surface area contributed by atoms with E-state index < -0.39 is 0 Å². The van der Waals surface area contributed by atoms with E-state index in [-0.39, 0.29) is 36.2 Å². The molecule has 3 aliphatic heterocycles. The van der Waals surface area contributed by atoms with Gasteiger partial charge in [0.15, 0.2) is 0 Å². The third-order valence-electron chi connectivity index (χ3n) is 5.04. The fraction of sp³-hybridized carbons (Fsp3) is 0.875. The summed E-state index contributed by atoms with van der Waals surface area (Å²) in [6.45, 7) is 5.02. The first-order valence-corrected chi connectivity index (χ1v) is 8.65. The Balaban J connectivity index is 0.00000192. The summed E-state index contributed by atoms with van der Waals surface area (Å²) >= 11 is 0. The molecule has 7 heteroatoms. The van der Waals surface area contributed by atoms with Crippen LogP contribution in [0.3, 0.4) is 0 Å². The van der Waals surface area contributed by atoms with Crippen LogP contribution in [-0.4, -0.2) is 73.6 Å². The van der Waals surface area contributed by atoms with Crippen molar-refractivity contribution >= 4 is 24.2 Å². The normalized spacial score (nSPS) is 28.9. The number of nitrogens with zero attached hydrogens (tertiary/aromatic N) is 2. The summed E-state index contributed by atoms with van der Waals surface area (Å²) in [5.41, 5.74) is 0. The van der Waals surface area contributed by atoms with E-state index in [9.17, 15) is 9.59 Å². The quantitative estimate of drug-likeness (QED) is 0.798. The zero-order valence-electron chi connectivity index (χ0n) is 13.7. The lowest BCUT2D eigenvalue weighted by molar-refractivity contribution is -0.152. The highest BCUT2D eigenvalue weighted by molar-refractivity contribution is 5.89. The molecule has 0 aromatic carbocycles. The van der Waals surface area contributed by atoms with Gasteiger partial charge in [-0.15, -0.1) is 12.4 Å². The van der Waals surface area contributed by atoms with E-state index in [1.54, 1.807) is 0 Å². The van der Waals surface area contributed by atoms with E-state index in [1.165, 1.54) is 0 Å². The largest absolute Gasteiger partial charge is 0.378 e. The molecule has 3 rings (SSSR count). The summed E-state index contributed by atoms with van der Waals surface area (Å²) < 4.78 is 5.32. The minimum absolute atomic E-state index is 0. The van der Waals surface area contributed by atoms with Gasteiger partial charge in [-0.1, -0.05) is 0 Å². The maximum atomic E-state index is 12.8. The highest BCUT2D eigenvalue weighted by Crippen LogP contribution is 2.23. The van der Waals surface area contributed by atoms with Gasteiger partial charge in [0.05, 0.1) is 19.1 Å². The summed E-state index contributed by atoms with van der Waals surface area (Å²) in [6, 6.07) is -0.249. The maximum absolute atomic E-state index is 12.8. The molecule has 3 heterocycles. The van der Waals surface area contributed by atoms with Crippen molar-refractivity contribution in [3.05, 3.63) is 0 Å². The third kappa shape index (κ3) is 4.37. The lowest BCUT2D eigenvalue weighted by atomic mass is 9.94. The number of hydrogen-bond donors (Lipinski definition) is 1. The fourth-order valence-corrected chi connectivity index (χ4v) is 3.74. The highest BCUT2D eigenvalue weighted by Gasteiger charge is 2.37. The molecule has 0 spiro atoms. The predicted molar refractivity (Wildman–Crippen MR) is 89.6 cm³/mol. The summed E-state index contributed by atoms with van der Waals surface area (Å²) in [5.74, 6) is 0.352. The topological polar surface area (TPSA) is 61.9 Å². The monoisotopic (exact) mass is 345 g/mol. The van der Waals surface area contributed by atoms with Crippen LogP contribution < -0.4 is 5.32 Å². The first-order valence-electron chi connectivity index (χ1n) is 8.65. The molecule has 2 amide bonds. The van der Waals surface area contributed by atoms with Crippen LogP contribution in [0.5, 0.6) is 0 Å². The first-order chi connectivity index (χ1) is 10.8. The molecule has 0 radical (unpaired) electrons. The first kappa shape index (κ1) is 18.5. The second kappa shape index (κ2) is 8.85. The van der Waals surface area contributed by atoms with Crippen molar-refractivity contribution in [2.24, 2.45) is 5.92 Å². The molecular formula is C16H28ClN3O3. The van der Waals surface area contributed by atoms with Gasteiger partial charge in [0.25, 0.3) is 0 Å². The molecule has 1 N–H and O–H groups in total. The SMILES string of the molecule is Cl.O=C(C1CCCCN1C(=O)C1CCCNC1)N1CCOCC1. The van der Waals surface area contributed by atoms with Gasteiger partial charge in [0.1, 0.15) is 6.04 Å². The second-order valence-corrected chi connectivity index (χ2v) is 6.52. The molecule has 0 bridgehead atoms. The lowest BCUT2D eigenvalue weighted by Crippen LogP contribution is -2.57. The number of morpholine rings is 1. The van der Waals surface area contributed by atoms with Gasteiger partial charge < -0.3 is 19.9 Å². The molecule has 2 unspecified atom stereocenters. The second-order valence-electron chi connectivity index (χ2n) is 6.52. The van der Waals surface area contributed by atoms with Gasteiger partial charge in [-0.25, -0.2) is 0 Å². The number of ether oxygens (including phenoxy) is 1. The van der Waals surface area contributed by atoms with Crippen molar-refractivity contribution in [1.82, 2.24) is 15.1 Å². The standard InChI is InChI=1S/C16H27N3O3.ClH/c20-15(13-4-3-6-17-12-13)19-7-2-1-5-14(19)16(21)18-8-10-22-11-9-18;/h13-14,17H,1-12H2;1H. The van der Waals surface area contributed by atoms with E-state index in [2.05, 4.69) is 5.32 Å². The Hall–Kier alpha value is -0.850. The summed E-state index contributed by atoms with van der Waals surface area (Å²) in [5, 5.41) is 3.30. The molecule has 0 aliphatic carbocycles. The highest BCUT2D eigenvalue weighted by atomic mass is 35.5. The van der Waals surface area contributed by atoms with Crippen LogP contribution in [0.2, 0.25) is 0 Å². The number of piperidine rings is 2. The van der Waals surface area contributed by atoms with Gasteiger partial charge in [0, 0.05) is 26.2 Å². The Morgan fingerprint density at radius 2 is 1.74 bits per heavy atom. The minimum Gasteiger partial charge on any atom is -0.378 e. The molecule has 132 valence electrons. The molecule has 3 saturated heterocycles. The Morgan fingerprint density at radius 1 is 0.957 bits per heavy atom. The van der Waals surface area contributed by atoms with Crippen LogP contribution in [0.4, 0.5) is 0 Å². The predicted octanol–water partition coefficient (Wildman–Crippen LogP) is 0.648. The number of carbonyl (C=O) groups is 2. The maximum Gasteiger partial charge on any atom is 0.245 e. The Morgan fingerprint density at radius 3 is 2.43 bits per heavy atom. The van der Waals surface area contributed by atoms with Crippen molar-refractivity contribution < 1.29 is 14.3 Å². The van der Waals surface area contributed by atoms with Crippen LogP contribution >= 0.6 is 12.4 Å². The molecular weight excluding hydrogens is 318 g/mol. The van der Waals surface area contributed by atoms with Crippen LogP contribution in [0, 0.1) is 5.92 Å². The molecule has 3 fully saturated rings. The fourth-order valence-electron chi connectivity index (χ4n) is 3.74. The van der Waals surface area contributed by atoms with Gasteiger partial charge in [-0.05, 0) is 38.6 Å². The van der Waals surface area contributed by atoms with Gasteiger partial charge in [0.2, 0.25) is 11.8 Å². The Bertz CT molecular complexity index is 371. The van der Waals surface area contributed by atoms with Crippen molar-refractivity contribution in [3.63, 3.8) is 0 Å². The number of carbonyl (C=O) groups excluding carboxylic acids is 2. The van der Waals surface area contributed by atoms with Crippen molar-refractivity contribution in [1.29, 1.82) is 0 Å². The van der Waals surface area contributed by atoms with E-state index >= 15 is 0 Å². The van der Waals surface area contributed by atoms with Crippen molar-refractivity contribution in [2.75, 3.05) is 45.9 Å². The van der Waals surface area contributed by atoms with E-state index in [4.69, 9.17) is 4.74 Å². The Labute approximate surface area is 144 Å². The number of rotatable bonds is 2. The van der Waals surface area contributed by atoms with Crippen LogP contribution in [-0.2, 0) is 14.3 Å². The number of likely N-dealkylation sites (tertiary alicyclic amines) is 1. The molecule has 0 aromatic heterocycles. The van der Waals surface area contributed by atoms with E-state index in [0.717, 1.165) is 51.7 Å². The van der Waals surface area contributed by atoms with Crippen molar-refractivity contribution in [3.8, 4) is 0 Å². The Kier molecular flexibility index (Phi) is 7.11. The van der Waals surface area contributed by atoms with Gasteiger partial charge in [-0.2, -0.15) is 0 Å². The lowest BCUT2D eigenvalue weighted by Gasteiger charge is -2.40.